The van der Waals surface area contributed by atoms with Crippen LogP contribution < -0.4 is 10.6 Å². The zero-order chi connectivity index (χ0) is 14.3. The van der Waals surface area contributed by atoms with Crippen LogP contribution >= 0.6 is 11.3 Å². The molecule has 0 atom stereocenters. The summed E-state index contributed by atoms with van der Waals surface area (Å²) < 4.78 is 0. The fourth-order valence-electron chi connectivity index (χ4n) is 2.52. The van der Waals surface area contributed by atoms with E-state index in [0.717, 1.165) is 25.2 Å². The Bertz CT molecular complexity index is 625. The Morgan fingerprint density at radius 2 is 2.15 bits per heavy atom. The van der Waals surface area contributed by atoms with E-state index < -0.39 is 0 Å². The summed E-state index contributed by atoms with van der Waals surface area (Å²) in [6, 6.07) is 6.22. The van der Waals surface area contributed by atoms with Crippen LogP contribution in [0.3, 0.4) is 0 Å². The summed E-state index contributed by atoms with van der Waals surface area (Å²) in [5, 5.41) is 3.37. The molecule has 0 saturated carbocycles. The molecule has 0 unspecified atom stereocenters. The van der Waals surface area contributed by atoms with E-state index in [1.54, 1.807) is 11.3 Å². The maximum Gasteiger partial charge on any atom is 0.112 e. The van der Waals surface area contributed by atoms with Gasteiger partial charge < -0.3 is 10.6 Å². The minimum absolute atomic E-state index is 0.127. The van der Waals surface area contributed by atoms with Crippen LogP contribution in [0.1, 0.15) is 37.0 Å². The van der Waals surface area contributed by atoms with Gasteiger partial charge in [0.25, 0.3) is 0 Å². The Hall–Kier alpha value is -1.55. The number of nitrogens with two attached hydrogens (primary N) is 1. The van der Waals surface area contributed by atoms with Gasteiger partial charge in [0.2, 0.25) is 0 Å². The van der Waals surface area contributed by atoms with Gasteiger partial charge in [0, 0.05) is 28.7 Å². The Labute approximate surface area is 124 Å². The molecule has 2 heterocycles. The molecule has 1 aromatic heterocycles. The normalized spacial score (nSPS) is 14.7. The molecule has 0 radical (unpaired) electrons. The van der Waals surface area contributed by atoms with Gasteiger partial charge >= 0.3 is 0 Å². The molecule has 0 amide bonds. The lowest BCUT2D eigenvalue weighted by Gasteiger charge is -2.18. The number of nitrogens with zero attached hydrogens (tertiary/aromatic N) is 2. The van der Waals surface area contributed by atoms with E-state index in [1.807, 2.05) is 6.07 Å². The molecule has 3 rings (SSSR count). The SMILES string of the molecule is CC(C)(C)c1csc(CN2CCc3ccc(N)cc32)n1. The summed E-state index contributed by atoms with van der Waals surface area (Å²) in [5.41, 5.74) is 10.7. The lowest BCUT2D eigenvalue weighted by molar-refractivity contribution is 0.570. The van der Waals surface area contributed by atoms with Crippen molar-refractivity contribution in [3.05, 3.63) is 39.8 Å². The average Bonchev–Trinajstić information content (AvgIpc) is 2.97. The highest BCUT2D eigenvalue weighted by Crippen LogP contribution is 2.32. The lowest BCUT2D eigenvalue weighted by Crippen LogP contribution is -2.20. The zero-order valence-electron chi connectivity index (χ0n) is 12.3. The molecule has 4 heteroatoms. The van der Waals surface area contributed by atoms with Crippen molar-refractivity contribution in [2.45, 2.75) is 39.2 Å². The lowest BCUT2D eigenvalue weighted by atomic mass is 9.93. The van der Waals surface area contributed by atoms with Gasteiger partial charge in [-0.05, 0) is 24.1 Å². The third-order valence-electron chi connectivity index (χ3n) is 3.75. The van der Waals surface area contributed by atoms with E-state index in [4.69, 9.17) is 10.7 Å². The van der Waals surface area contributed by atoms with Gasteiger partial charge in [-0.2, -0.15) is 0 Å². The molecule has 1 aliphatic rings. The minimum Gasteiger partial charge on any atom is -0.399 e. The second-order valence-corrected chi connectivity index (χ2v) is 7.38. The number of anilines is 2. The van der Waals surface area contributed by atoms with Crippen LogP contribution in [0.25, 0.3) is 0 Å². The monoisotopic (exact) mass is 287 g/mol. The smallest absolute Gasteiger partial charge is 0.112 e. The van der Waals surface area contributed by atoms with Crippen LogP contribution in [0.15, 0.2) is 23.6 Å². The first-order valence-corrected chi connectivity index (χ1v) is 7.90. The van der Waals surface area contributed by atoms with Crippen molar-refractivity contribution >= 4 is 22.7 Å². The van der Waals surface area contributed by atoms with Gasteiger partial charge in [0.1, 0.15) is 5.01 Å². The van der Waals surface area contributed by atoms with Crippen LogP contribution in [0, 0.1) is 0 Å². The molecule has 2 N–H and O–H groups in total. The summed E-state index contributed by atoms with van der Waals surface area (Å²) in [6.07, 6.45) is 1.10. The van der Waals surface area contributed by atoms with E-state index in [1.165, 1.54) is 22.0 Å². The Kier molecular flexibility index (Phi) is 3.21. The van der Waals surface area contributed by atoms with E-state index in [9.17, 15) is 0 Å². The number of aromatic nitrogens is 1. The van der Waals surface area contributed by atoms with E-state index in [2.05, 4.69) is 43.2 Å². The van der Waals surface area contributed by atoms with Crippen LogP contribution in [0.2, 0.25) is 0 Å². The number of hydrogen-bond acceptors (Lipinski definition) is 4. The van der Waals surface area contributed by atoms with E-state index in [-0.39, 0.29) is 5.41 Å². The number of hydrogen-bond donors (Lipinski definition) is 1. The highest BCUT2D eigenvalue weighted by atomic mass is 32.1. The van der Waals surface area contributed by atoms with Crippen molar-refractivity contribution in [2.24, 2.45) is 0 Å². The molecule has 3 nitrogen and oxygen atoms in total. The molecule has 0 aliphatic carbocycles. The fourth-order valence-corrected chi connectivity index (χ4v) is 3.55. The van der Waals surface area contributed by atoms with Gasteiger partial charge in [-0.1, -0.05) is 26.8 Å². The topological polar surface area (TPSA) is 42.1 Å². The maximum absolute atomic E-state index is 5.91. The van der Waals surface area contributed by atoms with Crippen molar-refractivity contribution in [3.8, 4) is 0 Å². The summed E-state index contributed by atoms with van der Waals surface area (Å²) >= 11 is 1.76. The van der Waals surface area contributed by atoms with Gasteiger partial charge in [-0.25, -0.2) is 4.98 Å². The third kappa shape index (κ3) is 2.52. The largest absolute Gasteiger partial charge is 0.399 e. The van der Waals surface area contributed by atoms with Crippen molar-refractivity contribution in [1.29, 1.82) is 0 Å². The van der Waals surface area contributed by atoms with Gasteiger partial charge in [-0.3, -0.25) is 0 Å². The van der Waals surface area contributed by atoms with Crippen molar-refractivity contribution in [1.82, 2.24) is 4.98 Å². The van der Waals surface area contributed by atoms with E-state index >= 15 is 0 Å². The maximum atomic E-state index is 5.91. The van der Waals surface area contributed by atoms with E-state index in [0.29, 0.717) is 0 Å². The first kappa shape index (κ1) is 13.4. The predicted molar refractivity (Wildman–Crippen MR) is 86.4 cm³/mol. The van der Waals surface area contributed by atoms with Crippen LogP contribution in [-0.4, -0.2) is 11.5 Å². The summed E-state index contributed by atoms with van der Waals surface area (Å²) in [5.74, 6) is 0. The third-order valence-corrected chi connectivity index (χ3v) is 4.58. The second kappa shape index (κ2) is 4.77. The molecular weight excluding hydrogens is 266 g/mol. The first-order chi connectivity index (χ1) is 9.43. The Morgan fingerprint density at radius 3 is 2.85 bits per heavy atom. The zero-order valence-corrected chi connectivity index (χ0v) is 13.1. The second-order valence-electron chi connectivity index (χ2n) is 6.44. The molecule has 106 valence electrons. The number of rotatable bonds is 2. The highest BCUT2D eigenvalue weighted by Gasteiger charge is 2.22. The number of fused-ring (bicyclic) bond motifs is 1. The minimum atomic E-state index is 0.127. The summed E-state index contributed by atoms with van der Waals surface area (Å²) in [4.78, 5) is 7.17. The molecule has 20 heavy (non-hydrogen) atoms. The quantitative estimate of drug-likeness (QED) is 0.858. The van der Waals surface area contributed by atoms with Crippen LogP contribution in [0.5, 0.6) is 0 Å². The first-order valence-electron chi connectivity index (χ1n) is 7.02. The van der Waals surface area contributed by atoms with Crippen molar-refractivity contribution in [3.63, 3.8) is 0 Å². The molecule has 1 aromatic carbocycles. The van der Waals surface area contributed by atoms with Gasteiger partial charge in [-0.15, -0.1) is 11.3 Å². The Balaban J connectivity index is 1.80. The van der Waals surface area contributed by atoms with Crippen LogP contribution in [-0.2, 0) is 18.4 Å². The molecule has 0 fully saturated rings. The molecule has 0 saturated heterocycles. The highest BCUT2D eigenvalue weighted by molar-refractivity contribution is 7.09. The standard InChI is InChI=1S/C16H21N3S/c1-16(2,3)14-10-20-15(18-14)9-19-7-6-11-4-5-12(17)8-13(11)19/h4-5,8,10H,6-7,9,17H2,1-3H3. The molecular formula is C16H21N3S. The van der Waals surface area contributed by atoms with Gasteiger partial charge in [0.05, 0.1) is 12.2 Å². The molecule has 2 aromatic rings. The molecule has 0 spiro atoms. The van der Waals surface area contributed by atoms with Gasteiger partial charge in [0.15, 0.2) is 0 Å². The van der Waals surface area contributed by atoms with Crippen molar-refractivity contribution in [2.75, 3.05) is 17.2 Å². The molecule has 1 aliphatic heterocycles. The molecule has 0 bridgehead atoms. The average molecular weight is 287 g/mol. The number of thiazole rings is 1. The number of nitrogen functional groups attached to an aromatic ring is 1. The van der Waals surface area contributed by atoms with Crippen molar-refractivity contribution < 1.29 is 0 Å². The Morgan fingerprint density at radius 1 is 1.35 bits per heavy atom. The fraction of sp³-hybridized carbons (Fsp3) is 0.438. The van der Waals surface area contributed by atoms with Crippen LogP contribution in [0.4, 0.5) is 11.4 Å². The number of benzene rings is 1. The summed E-state index contributed by atoms with van der Waals surface area (Å²) in [7, 11) is 0. The predicted octanol–water partition coefficient (Wildman–Crippen LogP) is 3.59. The summed E-state index contributed by atoms with van der Waals surface area (Å²) in [6.45, 7) is 8.56.